The predicted octanol–water partition coefficient (Wildman–Crippen LogP) is 8.31. The van der Waals surface area contributed by atoms with Crippen molar-refractivity contribution < 1.29 is 9.53 Å². The first-order chi connectivity index (χ1) is 13.3. The lowest BCUT2D eigenvalue weighted by atomic mass is 10.0. The molecule has 0 amide bonds. The van der Waals surface area contributed by atoms with Crippen molar-refractivity contribution in [2.24, 2.45) is 0 Å². The maximum atomic E-state index is 11.7. The number of hydrogen-bond donors (Lipinski definition) is 0. The molecule has 0 heterocycles. The standard InChI is InChI=1S/C25H46O2/c1-3-5-7-9-11-12-13-14-15-16-17-19-21-23-25(26)27-24-22-20-18-10-8-6-4-2/h6,8,20,22H,3-5,7,9-19,21,23-24H2,1-2H3/b8-6+,22-20+. The van der Waals surface area contributed by atoms with Gasteiger partial charge in [-0.1, -0.05) is 115 Å². The van der Waals surface area contributed by atoms with Gasteiger partial charge in [-0.3, -0.25) is 4.79 Å². The van der Waals surface area contributed by atoms with Crippen LogP contribution in [0.5, 0.6) is 0 Å². The summed E-state index contributed by atoms with van der Waals surface area (Å²) in [5.74, 6) is -0.0476. The Balaban J connectivity index is 3.23. The first-order valence-corrected chi connectivity index (χ1v) is 11.8. The van der Waals surface area contributed by atoms with E-state index in [1.165, 1.54) is 70.6 Å². The molecule has 0 aromatic heterocycles. The molecule has 0 spiro atoms. The molecule has 2 nitrogen and oxygen atoms in total. The van der Waals surface area contributed by atoms with Gasteiger partial charge >= 0.3 is 5.97 Å². The highest BCUT2D eigenvalue weighted by atomic mass is 16.5. The molecule has 0 radical (unpaired) electrons. The molecule has 2 heteroatoms. The van der Waals surface area contributed by atoms with Crippen LogP contribution in [0.2, 0.25) is 0 Å². The SMILES string of the molecule is CC/C=C/CC/C=C/COC(=O)CCCCCCCCCCCCCCC. The summed E-state index contributed by atoms with van der Waals surface area (Å²) in [4.78, 5) is 11.7. The highest BCUT2D eigenvalue weighted by Crippen LogP contribution is 2.13. The first-order valence-electron chi connectivity index (χ1n) is 11.8. The summed E-state index contributed by atoms with van der Waals surface area (Å²) >= 11 is 0. The van der Waals surface area contributed by atoms with E-state index in [0.29, 0.717) is 13.0 Å². The highest BCUT2D eigenvalue weighted by molar-refractivity contribution is 5.69. The van der Waals surface area contributed by atoms with Crippen LogP contribution in [0, 0.1) is 0 Å². The van der Waals surface area contributed by atoms with E-state index in [1.54, 1.807) is 0 Å². The molecule has 158 valence electrons. The summed E-state index contributed by atoms with van der Waals surface area (Å²) in [5, 5.41) is 0. The fourth-order valence-electron chi connectivity index (χ4n) is 3.16. The topological polar surface area (TPSA) is 26.3 Å². The van der Waals surface area contributed by atoms with Crippen LogP contribution in [0.25, 0.3) is 0 Å². The summed E-state index contributed by atoms with van der Waals surface area (Å²) in [6.07, 6.45) is 29.5. The first kappa shape index (κ1) is 26.0. The number of esters is 1. The van der Waals surface area contributed by atoms with Gasteiger partial charge in [0, 0.05) is 6.42 Å². The molecule has 0 aliphatic rings. The van der Waals surface area contributed by atoms with Crippen molar-refractivity contribution in [3.8, 4) is 0 Å². The number of ether oxygens (including phenoxy) is 1. The molecule has 0 N–H and O–H groups in total. The molecule has 0 saturated heterocycles. The summed E-state index contributed by atoms with van der Waals surface area (Å²) in [5.41, 5.74) is 0. The van der Waals surface area contributed by atoms with Gasteiger partial charge in [-0.2, -0.15) is 0 Å². The number of rotatable bonds is 20. The Morgan fingerprint density at radius 2 is 1.11 bits per heavy atom. The average Bonchev–Trinajstić information content (AvgIpc) is 2.67. The second-order valence-electron chi connectivity index (χ2n) is 7.60. The van der Waals surface area contributed by atoms with Gasteiger partial charge in [0.25, 0.3) is 0 Å². The quantitative estimate of drug-likeness (QED) is 0.121. The van der Waals surface area contributed by atoms with Crippen LogP contribution in [-0.4, -0.2) is 12.6 Å². The van der Waals surface area contributed by atoms with Gasteiger partial charge in [-0.15, -0.1) is 0 Å². The van der Waals surface area contributed by atoms with Crippen molar-refractivity contribution in [3.63, 3.8) is 0 Å². The average molecular weight is 379 g/mol. The fourth-order valence-corrected chi connectivity index (χ4v) is 3.16. The van der Waals surface area contributed by atoms with E-state index in [1.807, 2.05) is 6.08 Å². The van der Waals surface area contributed by atoms with Crippen LogP contribution >= 0.6 is 0 Å². The largest absolute Gasteiger partial charge is 0.461 e. The Kier molecular flexibility index (Phi) is 22.1. The zero-order chi connectivity index (χ0) is 19.8. The predicted molar refractivity (Wildman–Crippen MR) is 119 cm³/mol. The van der Waals surface area contributed by atoms with Crippen LogP contribution in [0.1, 0.15) is 123 Å². The minimum absolute atomic E-state index is 0.0476. The molecule has 0 fully saturated rings. The summed E-state index contributed by atoms with van der Waals surface area (Å²) in [6.45, 7) is 4.84. The van der Waals surface area contributed by atoms with E-state index in [4.69, 9.17) is 4.74 Å². The minimum Gasteiger partial charge on any atom is -0.461 e. The monoisotopic (exact) mass is 378 g/mol. The van der Waals surface area contributed by atoms with Gasteiger partial charge in [0.2, 0.25) is 0 Å². The maximum absolute atomic E-state index is 11.7. The van der Waals surface area contributed by atoms with Crippen molar-refractivity contribution >= 4 is 5.97 Å². The van der Waals surface area contributed by atoms with Crippen molar-refractivity contribution in [2.75, 3.05) is 6.61 Å². The van der Waals surface area contributed by atoms with Gasteiger partial charge in [0.1, 0.15) is 6.61 Å². The van der Waals surface area contributed by atoms with E-state index >= 15 is 0 Å². The van der Waals surface area contributed by atoms with Gasteiger partial charge in [-0.05, 0) is 25.7 Å². The number of unbranched alkanes of at least 4 members (excludes halogenated alkanes) is 13. The maximum Gasteiger partial charge on any atom is 0.306 e. The lowest BCUT2D eigenvalue weighted by molar-refractivity contribution is -0.142. The minimum atomic E-state index is -0.0476. The van der Waals surface area contributed by atoms with Crippen LogP contribution < -0.4 is 0 Å². The third-order valence-corrected chi connectivity index (χ3v) is 4.89. The molecule has 0 saturated carbocycles. The highest BCUT2D eigenvalue weighted by Gasteiger charge is 2.01. The molecule has 0 aliphatic heterocycles. The molecule has 0 aromatic carbocycles. The van der Waals surface area contributed by atoms with Crippen molar-refractivity contribution in [1.29, 1.82) is 0 Å². The third kappa shape index (κ3) is 22.9. The molecule has 0 atom stereocenters. The summed E-state index contributed by atoms with van der Waals surface area (Å²) in [6, 6.07) is 0. The van der Waals surface area contributed by atoms with Gasteiger partial charge in [0.05, 0.1) is 0 Å². The van der Waals surface area contributed by atoms with E-state index in [2.05, 4.69) is 32.1 Å². The third-order valence-electron chi connectivity index (χ3n) is 4.89. The molecule has 0 aliphatic carbocycles. The van der Waals surface area contributed by atoms with Gasteiger partial charge in [0.15, 0.2) is 0 Å². The Morgan fingerprint density at radius 1 is 0.630 bits per heavy atom. The molecule has 0 aromatic rings. The zero-order valence-corrected chi connectivity index (χ0v) is 18.4. The van der Waals surface area contributed by atoms with Crippen molar-refractivity contribution in [1.82, 2.24) is 0 Å². The Morgan fingerprint density at radius 3 is 1.63 bits per heavy atom. The molecule has 0 rings (SSSR count). The van der Waals surface area contributed by atoms with Crippen molar-refractivity contribution in [2.45, 2.75) is 123 Å². The molecule has 27 heavy (non-hydrogen) atoms. The molecular weight excluding hydrogens is 332 g/mol. The lowest BCUT2D eigenvalue weighted by Gasteiger charge is -2.03. The Bertz CT molecular complexity index is 357. The normalized spacial score (nSPS) is 11.6. The smallest absolute Gasteiger partial charge is 0.306 e. The van der Waals surface area contributed by atoms with E-state index in [9.17, 15) is 4.79 Å². The number of hydrogen-bond acceptors (Lipinski definition) is 2. The van der Waals surface area contributed by atoms with E-state index in [-0.39, 0.29) is 5.97 Å². The molecule has 0 bridgehead atoms. The zero-order valence-electron chi connectivity index (χ0n) is 18.4. The Labute approximate surface area is 169 Å². The summed E-state index contributed by atoms with van der Waals surface area (Å²) in [7, 11) is 0. The molecular formula is C25H46O2. The fraction of sp³-hybridized carbons (Fsp3) is 0.800. The molecule has 0 unspecified atom stereocenters. The van der Waals surface area contributed by atoms with Gasteiger partial charge < -0.3 is 4.74 Å². The van der Waals surface area contributed by atoms with Crippen LogP contribution in [0.15, 0.2) is 24.3 Å². The van der Waals surface area contributed by atoms with Gasteiger partial charge in [-0.25, -0.2) is 0 Å². The van der Waals surface area contributed by atoms with Crippen molar-refractivity contribution in [3.05, 3.63) is 24.3 Å². The van der Waals surface area contributed by atoms with Crippen LogP contribution in [0.3, 0.4) is 0 Å². The number of carbonyl (C=O) groups excluding carboxylic acids is 1. The Hall–Kier alpha value is -1.05. The van der Waals surface area contributed by atoms with Crippen LogP contribution in [0.4, 0.5) is 0 Å². The number of allylic oxidation sites excluding steroid dienone is 3. The second-order valence-corrected chi connectivity index (χ2v) is 7.60. The summed E-state index contributed by atoms with van der Waals surface area (Å²) < 4.78 is 5.23. The van der Waals surface area contributed by atoms with E-state index in [0.717, 1.165) is 32.1 Å². The van der Waals surface area contributed by atoms with Crippen LogP contribution in [-0.2, 0) is 9.53 Å². The van der Waals surface area contributed by atoms with E-state index < -0.39 is 0 Å². The lowest BCUT2D eigenvalue weighted by Crippen LogP contribution is -2.03. The number of carbonyl (C=O) groups is 1. The second kappa shape index (κ2) is 23.0.